The van der Waals surface area contributed by atoms with Crippen molar-refractivity contribution in [3.8, 4) is 11.1 Å². The average molecular weight is 759 g/mol. The number of benzene rings is 2. The van der Waals surface area contributed by atoms with Crippen LogP contribution in [0, 0.1) is 10.8 Å². The number of anilines is 1. The molecule has 1 amide bonds. The number of rotatable bonds is 10. The largest absolute Gasteiger partial charge is 0.469 e. The van der Waals surface area contributed by atoms with E-state index in [1.807, 2.05) is 53.6 Å². The molecule has 2 fully saturated rings. The van der Waals surface area contributed by atoms with Crippen molar-refractivity contribution in [1.82, 2.24) is 29.3 Å². The number of carbonyl (C=O) groups excluding carboxylic acids is 3. The van der Waals surface area contributed by atoms with Crippen LogP contribution in [0.3, 0.4) is 0 Å². The smallest absolute Gasteiger partial charge is 0.311 e. The highest BCUT2D eigenvalue weighted by Gasteiger charge is 2.58. The van der Waals surface area contributed by atoms with Gasteiger partial charge in [0.25, 0.3) is 5.91 Å². The lowest BCUT2D eigenvalue weighted by atomic mass is 9.80. The Labute approximate surface area is 319 Å². The first-order valence-corrected chi connectivity index (χ1v) is 19.3. The third-order valence-corrected chi connectivity index (χ3v) is 13.3. The lowest BCUT2D eigenvalue weighted by molar-refractivity contribution is -0.152. The van der Waals surface area contributed by atoms with E-state index in [-0.39, 0.29) is 34.9 Å². The number of ketones is 1. The molecule has 2 N–H and O–H groups in total. The van der Waals surface area contributed by atoms with Crippen molar-refractivity contribution < 1.29 is 19.1 Å². The third kappa shape index (κ3) is 6.39. The summed E-state index contributed by atoms with van der Waals surface area (Å²) in [5.41, 5.74) is 6.36. The van der Waals surface area contributed by atoms with Gasteiger partial charge in [-0.05, 0) is 62.1 Å². The summed E-state index contributed by atoms with van der Waals surface area (Å²) in [5, 5.41) is 7.07. The van der Waals surface area contributed by atoms with Gasteiger partial charge < -0.3 is 24.5 Å². The topological polar surface area (TPSA) is 123 Å². The van der Waals surface area contributed by atoms with Gasteiger partial charge in [0, 0.05) is 82.1 Å². The SMILES string of the molecule is COC(=O)C12CCC(CCN3CCc4c(nc(C(=O)Nc5cccc(-c6cccc(CC(=O)c7nc8c(n7C)CCNC8)c6Cl)c5Cl)n4C)C3)(CC1)C2. The highest BCUT2D eigenvalue weighted by atomic mass is 35.5. The van der Waals surface area contributed by atoms with E-state index in [4.69, 9.17) is 32.9 Å². The summed E-state index contributed by atoms with van der Waals surface area (Å²) < 4.78 is 8.95. The van der Waals surface area contributed by atoms with Gasteiger partial charge in [-0.1, -0.05) is 53.5 Å². The van der Waals surface area contributed by atoms with Gasteiger partial charge in [-0.15, -0.1) is 0 Å². The van der Waals surface area contributed by atoms with Gasteiger partial charge in [-0.3, -0.25) is 19.3 Å². The maximum atomic E-state index is 13.7. The molecule has 4 aromatic rings. The monoisotopic (exact) mass is 757 g/mol. The molecule has 2 aliphatic carbocycles. The summed E-state index contributed by atoms with van der Waals surface area (Å²) >= 11 is 13.9. The van der Waals surface area contributed by atoms with E-state index < -0.39 is 0 Å². The number of halogens is 2. The van der Waals surface area contributed by atoms with Crippen molar-refractivity contribution >= 4 is 46.5 Å². The number of hydrogen-bond acceptors (Lipinski definition) is 8. The van der Waals surface area contributed by atoms with Crippen LogP contribution in [0.5, 0.6) is 0 Å². The van der Waals surface area contributed by atoms with Crippen LogP contribution in [0.15, 0.2) is 36.4 Å². The van der Waals surface area contributed by atoms with E-state index in [0.717, 1.165) is 93.8 Å². The molecule has 4 aliphatic rings. The maximum absolute atomic E-state index is 13.7. The van der Waals surface area contributed by atoms with E-state index in [2.05, 4.69) is 20.5 Å². The van der Waals surface area contributed by atoms with Gasteiger partial charge in [0.2, 0.25) is 5.78 Å². The number of amides is 1. The van der Waals surface area contributed by atoms with Crippen LogP contribution in [0.25, 0.3) is 11.1 Å². The number of fused-ring (bicyclic) bond motifs is 4. The van der Waals surface area contributed by atoms with E-state index in [1.165, 1.54) is 7.11 Å². The number of carbonyl (C=O) groups is 3. The van der Waals surface area contributed by atoms with Crippen molar-refractivity contribution in [3.05, 3.63) is 86.4 Å². The second-order valence-corrected chi connectivity index (χ2v) is 16.2. The molecule has 2 aliphatic heterocycles. The quantitative estimate of drug-likeness (QED) is 0.142. The Bertz CT molecular complexity index is 2130. The number of nitrogens with zero attached hydrogens (tertiary/aromatic N) is 5. The van der Waals surface area contributed by atoms with Crippen LogP contribution in [0.2, 0.25) is 10.0 Å². The molecule has 11 nitrogen and oxygen atoms in total. The molecule has 2 saturated carbocycles. The second kappa shape index (κ2) is 14.0. The van der Waals surface area contributed by atoms with Gasteiger partial charge in [0.1, 0.15) is 0 Å². The number of imidazole rings is 2. The summed E-state index contributed by atoms with van der Waals surface area (Å²) in [6.45, 7) is 4.04. The average Bonchev–Trinajstić information content (AvgIpc) is 3.92. The fraction of sp³-hybridized carbons (Fsp3) is 0.475. The highest BCUT2D eigenvalue weighted by molar-refractivity contribution is 6.39. The van der Waals surface area contributed by atoms with Crippen LogP contribution >= 0.6 is 23.2 Å². The molecule has 2 bridgehead atoms. The van der Waals surface area contributed by atoms with E-state index in [1.54, 1.807) is 6.07 Å². The molecule has 8 rings (SSSR count). The summed E-state index contributed by atoms with van der Waals surface area (Å²) in [6.07, 6.45) is 7.76. The molecule has 0 atom stereocenters. The van der Waals surface area contributed by atoms with Gasteiger partial charge in [0.05, 0.1) is 39.6 Å². The zero-order valence-electron chi connectivity index (χ0n) is 30.5. The molecular weight excluding hydrogens is 713 g/mol. The minimum absolute atomic E-state index is 0.0364. The predicted octanol–water partition coefficient (Wildman–Crippen LogP) is 6.32. The van der Waals surface area contributed by atoms with Gasteiger partial charge in [-0.25, -0.2) is 9.97 Å². The summed E-state index contributed by atoms with van der Waals surface area (Å²) in [7, 11) is 5.28. The lowest BCUT2D eigenvalue weighted by Gasteiger charge is -2.32. The first kappa shape index (κ1) is 36.0. The Balaban J connectivity index is 0.944. The molecule has 0 unspecified atom stereocenters. The minimum Gasteiger partial charge on any atom is -0.469 e. The Morgan fingerprint density at radius 3 is 2.36 bits per heavy atom. The zero-order chi connectivity index (χ0) is 37.1. The highest BCUT2D eigenvalue weighted by Crippen LogP contribution is 2.63. The standard InChI is InChI=1S/C40H45Cl2N7O4/c1-47-30-10-17-43-21-28(30)44-35(47)32(50)20-24-6-4-7-25(33(24)41)26-8-5-9-27(34(26)42)46-37(51)36-45-29-22-49(18-11-31(29)48(36)2)19-16-39-12-14-40(23-39,15-13-39)38(52)53-3/h4-9,43H,10-23H2,1-3H3,(H,46,51). The molecule has 13 heteroatoms. The molecule has 4 heterocycles. The molecule has 0 saturated heterocycles. The van der Waals surface area contributed by atoms with Crippen LogP contribution in [0.4, 0.5) is 5.69 Å². The first-order chi connectivity index (χ1) is 25.5. The van der Waals surface area contributed by atoms with Crippen LogP contribution < -0.4 is 10.6 Å². The van der Waals surface area contributed by atoms with Gasteiger partial charge in [0.15, 0.2) is 11.6 Å². The van der Waals surface area contributed by atoms with Crippen LogP contribution in [0.1, 0.15) is 88.1 Å². The Morgan fingerprint density at radius 1 is 0.906 bits per heavy atom. The Kier molecular flexibility index (Phi) is 9.50. The van der Waals surface area contributed by atoms with Crippen LogP contribution in [-0.4, -0.2) is 68.4 Å². The third-order valence-electron chi connectivity index (χ3n) is 12.4. The molecular formula is C40H45Cl2N7O4. The molecule has 53 heavy (non-hydrogen) atoms. The number of ether oxygens (including phenoxy) is 1. The molecule has 2 aromatic heterocycles. The van der Waals surface area contributed by atoms with Crippen molar-refractivity contribution in [2.24, 2.45) is 24.9 Å². The van der Waals surface area contributed by atoms with Crippen molar-refractivity contribution in [1.29, 1.82) is 0 Å². The normalized spacial score (nSPS) is 22.1. The number of aromatic nitrogens is 4. The van der Waals surface area contributed by atoms with Crippen molar-refractivity contribution in [3.63, 3.8) is 0 Å². The second-order valence-electron chi connectivity index (χ2n) is 15.4. The van der Waals surface area contributed by atoms with Crippen molar-refractivity contribution in [2.75, 3.05) is 32.1 Å². The van der Waals surface area contributed by atoms with E-state index >= 15 is 0 Å². The fourth-order valence-corrected chi connectivity index (χ4v) is 10.00. The summed E-state index contributed by atoms with van der Waals surface area (Å²) in [4.78, 5) is 51.6. The number of Topliss-reactive ketones (excluding diaryl/α,β-unsaturated/α-hetero) is 1. The Hall–Kier alpha value is -4.03. The summed E-state index contributed by atoms with van der Waals surface area (Å²) in [6, 6.07) is 11.0. The molecule has 0 radical (unpaired) electrons. The first-order valence-electron chi connectivity index (χ1n) is 18.5. The van der Waals surface area contributed by atoms with E-state index in [0.29, 0.717) is 57.2 Å². The van der Waals surface area contributed by atoms with Gasteiger partial charge in [-0.2, -0.15) is 0 Å². The number of methoxy groups -OCH3 is 1. The number of esters is 1. The minimum atomic E-state index is -0.346. The Morgan fingerprint density at radius 2 is 1.60 bits per heavy atom. The number of nitrogens with one attached hydrogen (secondary N) is 2. The van der Waals surface area contributed by atoms with Crippen LogP contribution in [-0.2, 0) is 56.0 Å². The van der Waals surface area contributed by atoms with E-state index in [9.17, 15) is 14.4 Å². The molecule has 2 aromatic carbocycles. The lowest BCUT2D eigenvalue weighted by Crippen LogP contribution is -2.34. The molecule has 278 valence electrons. The maximum Gasteiger partial charge on any atom is 0.311 e. The van der Waals surface area contributed by atoms with Crippen molar-refractivity contribution in [2.45, 2.75) is 70.9 Å². The number of hydrogen-bond donors (Lipinski definition) is 2. The fourth-order valence-electron chi connectivity index (χ4n) is 9.43. The summed E-state index contributed by atoms with van der Waals surface area (Å²) in [5.74, 6) is 0.267. The van der Waals surface area contributed by atoms with Gasteiger partial charge >= 0.3 is 5.97 Å². The predicted molar refractivity (Wildman–Crippen MR) is 203 cm³/mol. The zero-order valence-corrected chi connectivity index (χ0v) is 32.0. The molecule has 0 spiro atoms.